The molecule has 4 heteroatoms. The third kappa shape index (κ3) is 1.76. The number of carbonyl (C=O) groups is 2. The molecule has 2 aliphatic heterocycles. The molecule has 0 bridgehead atoms. The van der Waals surface area contributed by atoms with Gasteiger partial charge in [0.05, 0.1) is 7.11 Å². The molecule has 15 heavy (non-hydrogen) atoms. The molecule has 82 valence electrons. The molecule has 0 aromatic rings. The monoisotopic (exact) mass is 209 g/mol. The Kier molecular flexibility index (Phi) is 2.75. The standard InChI is InChI=1S/C11H15NO3/c1-15-11(14)10-8-4-2-3-6-12(8)7-5-9(10)13/h2-7H2,1H3. The highest BCUT2D eigenvalue weighted by atomic mass is 16.5. The van der Waals surface area contributed by atoms with Crippen LogP contribution in [-0.2, 0) is 14.3 Å². The quantitative estimate of drug-likeness (QED) is 0.475. The first-order chi connectivity index (χ1) is 7.24. The predicted molar refractivity (Wildman–Crippen MR) is 54.1 cm³/mol. The molecular weight excluding hydrogens is 194 g/mol. The maximum absolute atomic E-state index is 11.7. The summed E-state index contributed by atoms with van der Waals surface area (Å²) in [6, 6.07) is 0. The van der Waals surface area contributed by atoms with Gasteiger partial charge in [-0.1, -0.05) is 0 Å². The van der Waals surface area contributed by atoms with E-state index < -0.39 is 5.97 Å². The van der Waals surface area contributed by atoms with E-state index in [4.69, 9.17) is 0 Å². The Morgan fingerprint density at radius 2 is 2.07 bits per heavy atom. The second-order valence-electron chi connectivity index (χ2n) is 3.93. The summed E-state index contributed by atoms with van der Waals surface area (Å²) in [4.78, 5) is 25.3. The third-order valence-electron chi connectivity index (χ3n) is 3.04. The zero-order valence-corrected chi connectivity index (χ0v) is 8.91. The average Bonchev–Trinajstić information content (AvgIpc) is 2.28. The fourth-order valence-corrected chi connectivity index (χ4v) is 2.27. The lowest BCUT2D eigenvalue weighted by Gasteiger charge is -2.35. The fraction of sp³-hybridized carbons (Fsp3) is 0.636. The Morgan fingerprint density at radius 3 is 2.80 bits per heavy atom. The summed E-state index contributed by atoms with van der Waals surface area (Å²) in [6.45, 7) is 1.72. The van der Waals surface area contributed by atoms with E-state index in [2.05, 4.69) is 9.64 Å². The van der Waals surface area contributed by atoms with Crippen LogP contribution in [0.2, 0.25) is 0 Å². The highest BCUT2D eigenvalue weighted by molar-refractivity contribution is 6.18. The van der Waals surface area contributed by atoms with Crippen molar-refractivity contribution in [2.45, 2.75) is 25.7 Å². The number of Topliss-reactive ketones (excluding diaryl/α,β-unsaturated/α-hetero) is 1. The molecule has 2 aliphatic rings. The van der Waals surface area contributed by atoms with Crippen LogP contribution < -0.4 is 0 Å². The van der Waals surface area contributed by atoms with Crippen molar-refractivity contribution in [2.24, 2.45) is 0 Å². The second kappa shape index (κ2) is 4.04. The topological polar surface area (TPSA) is 46.6 Å². The number of fused-ring (bicyclic) bond motifs is 1. The molecule has 0 amide bonds. The molecule has 0 aliphatic carbocycles. The van der Waals surface area contributed by atoms with Gasteiger partial charge in [0.15, 0.2) is 5.78 Å². The Morgan fingerprint density at radius 1 is 1.27 bits per heavy atom. The molecular formula is C11H15NO3. The molecule has 0 atom stereocenters. The van der Waals surface area contributed by atoms with Gasteiger partial charge >= 0.3 is 5.97 Å². The second-order valence-corrected chi connectivity index (χ2v) is 3.93. The summed E-state index contributed by atoms with van der Waals surface area (Å²) in [5.41, 5.74) is 1.20. The van der Waals surface area contributed by atoms with Gasteiger partial charge in [-0.2, -0.15) is 0 Å². The first-order valence-corrected chi connectivity index (χ1v) is 5.33. The number of methoxy groups -OCH3 is 1. The van der Waals surface area contributed by atoms with Crippen LogP contribution >= 0.6 is 0 Å². The molecule has 2 heterocycles. The predicted octanol–water partition coefficient (Wildman–Crippen LogP) is 0.872. The largest absolute Gasteiger partial charge is 0.465 e. The van der Waals surface area contributed by atoms with Crippen LogP contribution in [0.15, 0.2) is 11.3 Å². The van der Waals surface area contributed by atoms with E-state index in [0.717, 1.165) is 38.0 Å². The van der Waals surface area contributed by atoms with Crippen molar-refractivity contribution in [3.8, 4) is 0 Å². The van der Waals surface area contributed by atoms with Gasteiger partial charge in [-0.25, -0.2) is 4.79 Å². The average molecular weight is 209 g/mol. The molecule has 0 saturated carbocycles. The van der Waals surface area contributed by atoms with Crippen LogP contribution in [0.4, 0.5) is 0 Å². The van der Waals surface area contributed by atoms with Crippen molar-refractivity contribution in [3.05, 3.63) is 11.3 Å². The Labute approximate surface area is 88.9 Å². The minimum atomic E-state index is -0.471. The van der Waals surface area contributed by atoms with Crippen molar-refractivity contribution in [1.29, 1.82) is 0 Å². The summed E-state index contributed by atoms with van der Waals surface area (Å²) in [5, 5.41) is 0. The van der Waals surface area contributed by atoms with Gasteiger partial charge in [-0.05, 0) is 19.3 Å². The van der Waals surface area contributed by atoms with E-state index in [1.807, 2.05) is 0 Å². The van der Waals surface area contributed by atoms with Gasteiger partial charge in [0.2, 0.25) is 0 Å². The van der Waals surface area contributed by atoms with Crippen molar-refractivity contribution < 1.29 is 14.3 Å². The summed E-state index contributed by atoms with van der Waals surface area (Å²) < 4.78 is 4.66. The first-order valence-electron chi connectivity index (χ1n) is 5.33. The van der Waals surface area contributed by atoms with Crippen LogP contribution in [0.5, 0.6) is 0 Å². The number of esters is 1. The van der Waals surface area contributed by atoms with E-state index >= 15 is 0 Å². The van der Waals surface area contributed by atoms with E-state index in [1.54, 1.807) is 0 Å². The normalized spacial score (nSPS) is 21.4. The fourth-order valence-electron chi connectivity index (χ4n) is 2.27. The van der Waals surface area contributed by atoms with E-state index in [-0.39, 0.29) is 5.78 Å². The maximum Gasteiger partial charge on any atom is 0.343 e. The zero-order chi connectivity index (χ0) is 10.8. The summed E-state index contributed by atoms with van der Waals surface area (Å²) in [6.07, 6.45) is 3.47. The van der Waals surface area contributed by atoms with Crippen LogP contribution in [0.1, 0.15) is 25.7 Å². The molecule has 0 aromatic heterocycles. The summed E-state index contributed by atoms with van der Waals surface area (Å²) >= 11 is 0. The van der Waals surface area contributed by atoms with E-state index in [1.165, 1.54) is 7.11 Å². The zero-order valence-electron chi connectivity index (χ0n) is 8.91. The molecule has 2 rings (SSSR count). The van der Waals surface area contributed by atoms with E-state index in [9.17, 15) is 9.59 Å². The van der Waals surface area contributed by atoms with Gasteiger partial charge < -0.3 is 9.64 Å². The number of ketones is 1. The maximum atomic E-state index is 11.7. The first kappa shape index (κ1) is 10.2. The minimum absolute atomic E-state index is 0.0602. The van der Waals surface area contributed by atoms with Crippen LogP contribution in [0.3, 0.4) is 0 Å². The van der Waals surface area contributed by atoms with Crippen LogP contribution in [0, 0.1) is 0 Å². The number of rotatable bonds is 1. The molecule has 4 nitrogen and oxygen atoms in total. The molecule has 0 spiro atoms. The molecule has 1 saturated heterocycles. The number of nitrogens with zero attached hydrogens (tertiary/aromatic N) is 1. The van der Waals surface area contributed by atoms with Crippen molar-refractivity contribution in [3.63, 3.8) is 0 Å². The number of allylic oxidation sites excluding steroid dienone is 1. The van der Waals surface area contributed by atoms with Crippen LogP contribution in [0.25, 0.3) is 0 Å². The number of hydrogen-bond donors (Lipinski definition) is 0. The van der Waals surface area contributed by atoms with Crippen LogP contribution in [-0.4, -0.2) is 36.9 Å². The SMILES string of the molecule is COC(=O)C1=C2CCCCN2CCC1=O. The lowest BCUT2D eigenvalue weighted by molar-refractivity contribution is -0.138. The third-order valence-corrected chi connectivity index (χ3v) is 3.04. The van der Waals surface area contributed by atoms with Gasteiger partial charge in [-0.3, -0.25) is 4.79 Å². The number of carbonyl (C=O) groups excluding carboxylic acids is 2. The van der Waals surface area contributed by atoms with Crippen molar-refractivity contribution in [1.82, 2.24) is 4.90 Å². The number of ether oxygens (including phenoxy) is 1. The highest BCUT2D eigenvalue weighted by Crippen LogP contribution is 2.28. The minimum Gasteiger partial charge on any atom is -0.465 e. The summed E-state index contributed by atoms with van der Waals surface area (Å²) in [5.74, 6) is -0.531. The highest BCUT2D eigenvalue weighted by Gasteiger charge is 2.32. The number of hydrogen-bond acceptors (Lipinski definition) is 4. The van der Waals surface area contributed by atoms with Gasteiger partial charge in [-0.15, -0.1) is 0 Å². The molecule has 1 fully saturated rings. The Balaban J connectivity index is 2.37. The molecule has 0 aromatic carbocycles. The van der Waals surface area contributed by atoms with Crippen molar-refractivity contribution in [2.75, 3.05) is 20.2 Å². The number of piperidine rings is 1. The molecule has 0 N–H and O–H groups in total. The smallest absolute Gasteiger partial charge is 0.343 e. The lowest BCUT2D eigenvalue weighted by Crippen LogP contribution is -2.38. The summed E-state index contributed by atoms with van der Waals surface area (Å²) in [7, 11) is 1.32. The van der Waals surface area contributed by atoms with Gasteiger partial charge in [0.25, 0.3) is 0 Å². The molecule has 0 unspecified atom stereocenters. The van der Waals surface area contributed by atoms with E-state index in [0.29, 0.717) is 12.0 Å². The Hall–Kier alpha value is -1.32. The Bertz CT molecular complexity index is 333. The molecule has 0 radical (unpaired) electrons. The van der Waals surface area contributed by atoms with Crippen molar-refractivity contribution >= 4 is 11.8 Å². The van der Waals surface area contributed by atoms with Gasteiger partial charge in [0, 0.05) is 25.2 Å². The lowest BCUT2D eigenvalue weighted by atomic mass is 9.94. The van der Waals surface area contributed by atoms with Gasteiger partial charge in [0.1, 0.15) is 5.57 Å².